The quantitative estimate of drug-likeness (QED) is 0.349. The Balaban J connectivity index is 1.27. The summed E-state index contributed by atoms with van der Waals surface area (Å²) >= 11 is 0. The van der Waals surface area contributed by atoms with Gasteiger partial charge in [0.25, 0.3) is 0 Å². The molecule has 0 spiro atoms. The van der Waals surface area contributed by atoms with Crippen LogP contribution in [0.25, 0.3) is 17.1 Å². The molecule has 4 aromatic rings. The largest absolute Gasteiger partial charge is 0.366 e. The highest BCUT2D eigenvalue weighted by molar-refractivity contribution is 5.68. The van der Waals surface area contributed by atoms with Gasteiger partial charge in [-0.05, 0) is 98.5 Å². The third kappa shape index (κ3) is 4.76. The van der Waals surface area contributed by atoms with Gasteiger partial charge in [0.2, 0.25) is 11.9 Å². The number of hydrogen-bond acceptors (Lipinski definition) is 7. The predicted octanol–water partition coefficient (Wildman–Crippen LogP) is 5.13. The number of anilines is 3. The Bertz CT molecular complexity index is 1440. The van der Waals surface area contributed by atoms with E-state index in [1.54, 1.807) is 4.68 Å². The number of aromatic nitrogens is 5. The zero-order valence-electron chi connectivity index (χ0n) is 22.3. The van der Waals surface area contributed by atoms with E-state index >= 15 is 0 Å². The SMILES string of the molecule is CCN(CC)C1CCc2ccc(Nc3nc(N)nn3-c3cc4c(nn3)-c3ccccc3CCC4)cc2CC1. The van der Waals surface area contributed by atoms with Crippen molar-refractivity contribution in [3.8, 4) is 17.1 Å². The van der Waals surface area contributed by atoms with Crippen molar-refractivity contribution in [3.05, 3.63) is 70.8 Å². The van der Waals surface area contributed by atoms with E-state index in [0.29, 0.717) is 17.8 Å². The van der Waals surface area contributed by atoms with Crippen molar-refractivity contribution >= 4 is 17.6 Å². The molecule has 2 aromatic carbocycles. The Labute approximate surface area is 224 Å². The molecular formula is C30H36N8. The van der Waals surface area contributed by atoms with Crippen LogP contribution in [0.2, 0.25) is 0 Å². The van der Waals surface area contributed by atoms with Gasteiger partial charge in [-0.3, -0.25) is 0 Å². The van der Waals surface area contributed by atoms with E-state index in [1.807, 2.05) is 0 Å². The van der Waals surface area contributed by atoms with Crippen LogP contribution in [0.4, 0.5) is 17.6 Å². The summed E-state index contributed by atoms with van der Waals surface area (Å²) in [6.07, 6.45) is 7.66. The van der Waals surface area contributed by atoms with Crippen LogP contribution in [-0.2, 0) is 25.7 Å². The summed E-state index contributed by atoms with van der Waals surface area (Å²) in [5.41, 5.74) is 14.5. The standard InChI is InChI=1S/C30H36N8/c1-3-37(4-2)25-16-13-20-12-15-24(18-22(20)14-17-25)32-30-33-29(31)36-38(30)27-19-23-10-7-9-21-8-5-6-11-26(21)28(23)35-34-27/h5-6,8,11-12,15,18-19,25H,3-4,7,9-10,13-14,16-17H2,1-2H3,(H3,31,32,33,36). The monoisotopic (exact) mass is 508 g/mol. The van der Waals surface area contributed by atoms with Gasteiger partial charge in [-0.2, -0.15) is 9.67 Å². The first-order valence-corrected chi connectivity index (χ1v) is 13.9. The van der Waals surface area contributed by atoms with Gasteiger partial charge in [0, 0.05) is 17.3 Å². The van der Waals surface area contributed by atoms with Crippen molar-refractivity contribution in [3.63, 3.8) is 0 Å². The predicted molar refractivity (Wildman–Crippen MR) is 152 cm³/mol. The van der Waals surface area contributed by atoms with Crippen molar-refractivity contribution in [2.75, 3.05) is 24.1 Å². The zero-order chi connectivity index (χ0) is 26.1. The highest BCUT2D eigenvalue weighted by Gasteiger charge is 2.22. The lowest BCUT2D eigenvalue weighted by Gasteiger charge is -2.28. The number of fused-ring (bicyclic) bond motifs is 4. The zero-order valence-corrected chi connectivity index (χ0v) is 22.3. The van der Waals surface area contributed by atoms with Gasteiger partial charge in [-0.1, -0.05) is 44.2 Å². The van der Waals surface area contributed by atoms with Gasteiger partial charge in [0.1, 0.15) is 0 Å². The molecule has 0 aliphatic heterocycles. The molecule has 0 fully saturated rings. The van der Waals surface area contributed by atoms with Crippen molar-refractivity contribution < 1.29 is 0 Å². The van der Waals surface area contributed by atoms with E-state index in [4.69, 9.17) is 5.73 Å². The van der Waals surface area contributed by atoms with E-state index in [0.717, 1.165) is 56.6 Å². The molecule has 0 saturated heterocycles. The number of nitrogen functional groups attached to an aromatic ring is 1. The highest BCUT2D eigenvalue weighted by atomic mass is 15.5. The third-order valence-electron chi connectivity index (χ3n) is 8.15. The van der Waals surface area contributed by atoms with Crippen LogP contribution in [-0.4, -0.2) is 49.0 Å². The van der Waals surface area contributed by atoms with E-state index < -0.39 is 0 Å². The molecule has 2 heterocycles. The van der Waals surface area contributed by atoms with Crippen molar-refractivity contribution in [2.45, 2.75) is 64.8 Å². The average Bonchev–Trinajstić information content (AvgIpc) is 3.08. The topological polar surface area (TPSA) is 97.8 Å². The lowest BCUT2D eigenvalue weighted by atomic mass is 10.0. The average molecular weight is 509 g/mol. The fraction of sp³-hybridized carbons (Fsp3) is 0.400. The van der Waals surface area contributed by atoms with E-state index in [9.17, 15) is 0 Å². The Morgan fingerprint density at radius 2 is 1.68 bits per heavy atom. The maximum Gasteiger partial charge on any atom is 0.241 e. The Kier molecular flexibility index (Phi) is 6.81. The van der Waals surface area contributed by atoms with Crippen LogP contribution >= 0.6 is 0 Å². The molecule has 0 saturated carbocycles. The minimum absolute atomic E-state index is 0.200. The smallest absolute Gasteiger partial charge is 0.241 e. The molecule has 0 amide bonds. The lowest BCUT2D eigenvalue weighted by molar-refractivity contribution is 0.199. The molecule has 2 aromatic heterocycles. The molecule has 8 heteroatoms. The summed E-state index contributed by atoms with van der Waals surface area (Å²) < 4.78 is 1.67. The molecule has 8 nitrogen and oxygen atoms in total. The maximum atomic E-state index is 6.06. The number of rotatable bonds is 6. The van der Waals surface area contributed by atoms with Crippen LogP contribution in [0.5, 0.6) is 0 Å². The summed E-state index contributed by atoms with van der Waals surface area (Å²) in [5.74, 6) is 1.36. The summed E-state index contributed by atoms with van der Waals surface area (Å²) in [6.45, 7) is 6.75. The first kappa shape index (κ1) is 24.6. The summed E-state index contributed by atoms with van der Waals surface area (Å²) in [7, 11) is 0. The van der Waals surface area contributed by atoms with Gasteiger partial charge < -0.3 is 16.0 Å². The van der Waals surface area contributed by atoms with E-state index in [-0.39, 0.29) is 5.95 Å². The molecular weight excluding hydrogens is 472 g/mol. The van der Waals surface area contributed by atoms with Crippen LogP contribution < -0.4 is 11.1 Å². The third-order valence-corrected chi connectivity index (χ3v) is 8.15. The van der Waals surface area contributed by atoms with Crippen molar-refractivity contribution in [1.29, 1.82) is 0 Å². The summed E-state index contributed by atoms with van der Waals surface area (Å²) in [6, 6.07) is 17.8. The van der Waals surface area contributed by atoms with Crippen molar-refractivity contribution in [1.82, 2.24) is 29.9 Å². The van der Waals surface area contributed by atoms with Crippen LogP contribution in [0.3, 0.4) is 0 Å². The fourth-order valence-electron chi connectivity index (χ4n) is 6.15. The Morgan fingerprint density at radius 1 is 0.895 bits per heavy atom. The number of nitrogens with one attached hydrogen (secondary N) is 1. The molecule has 0 bridgehead atoms. The molecule has 0 radical (unpaired) electrons. The maximum absolute atomic E-state index is 6.06. The molecule has 2 aliphatic carbocycles. The molecule has 196 valence electrons. The van der Waals surface area contributed by atoms with Gasteiger partial charge >= 0.3 is 0 Å². The summed E-state index contributed by atoms with van der Waals surface area (Å²) in [5, 5.41) is 17.1. The molecule has 1 atom stereocenters. The minimum Gasteiger partial charge on any atom is -0.366 e. The van der Waals surface area contributed by atoms with Gasteiger partial charge in [0.05, 0.1) is 5.69 Å². The number of benzene rings is 2. The molecule has 38 heavy (non-hydrogen) atoms. The van der Waals surface area contributed by atoms with E-state index in [2.05, 4.69) is 92.9 Å². The van der Waals surface area contributed by atoms with Gasteiger partial charge in [0.15, 0.2) is 5.82 Å². The van der Waals surface area contributed by atoms with E-state index in [1.165, 1.54) is 40.7 Å². The number of nitrogens with two attached hydrogens (primary N) is 1. The second-order valence-corrected chi connectivity index (χ2v) is 10.4. The van der Waals surface area contributed by atoms with Crippen molar-refractivity contribution in [2.24, 2.45) is 0 Å². The second-order valence-electron chi connectivity index (χ2n) is 10.4. The Hall–Kier alpha value is -3.78. The summed E-state index contributed by atoms with van der Waals surface area (Å²) in [4.78, 5) is 7.07. The van der Waals surface area contributed by atoms with Crippen LogP contribution in [0, 0.1) is 0 Å². The Morgan fingerprint density at radius 3 is 2.53 bits per heavy atom. The lowest BCUT2D eigenvalue weighted by Crippen LogP contribution is -2.35. The normalized spacial score (nSPS) is 16.8. The molecule has 3 N–H and O–H groups in total. The number of aryl methyl sites for hydroxylation is 4. The first-order chi connectivity index (χ1) is 18.6. The highest BCUT2D eigenvalue weighted by Crippen LogP contribution is 2.32. The first-order valence-electron chi connectivity index (χ1n) is 13.9. The second kappa shape index (κ2) is 10.5. The van der Waals surface area contributed by atoms with Crippen LogP contribution in [0.15, 0.2) is 48.5 Å². The number of hydrogen-bond donors (Lipinski definition) is 2. The number of nitrogens with zero attached hydrogens (tertiary/aromatic N) is 6. The molecule has 1 unspecified atom stereocenters. The van der Waals surface area contributed by atoms with Gasteiger partial charge in [-0.15, -0.1) is 15.3 Å². The fourth-order valence-corrected chi connectivity index (χ4v) is 6.15. The molecule has 6 rings (SSSR count). The minimum atomic E-state index is 0.200. The van der Waals surface area contributed by atoms with Gasteiger partial charge in [-0.25, -0.2) is 0 Å². The molecule has 2 aliphatic rings. The van der Waals surface area contributed by atoms with Crippen LogP contribution in [0.1, 0.15) is 55.4 Å².